The topological polar surface area (TPSA) is 74.5 Å². The van der Waals surface area contributed by atoms with Gasteiger partial charge in [0.25, 0.3) is 5.91 Å². The first-order valence-corrected chi connectivity index (χ1v) is 7.61. The number of likely N-dealkylation sites (N-methyl/N-ethyl adjacent to an activating group) is 1. The van der Waals surface area contributed by atoms with Gasteiger partial charge in [-0.05, 0) is 38.4 Å². The molecule has 6 nitrogen and oxygen atoms in total. The first kappa shape index (κ1) is 14.6. The zero-order chi connectivity index (χ0) is 15.0. The molecule has 2 aliphatic heterocycles. The molecular weight excluding hydrogens is 290 g/mol. The monoisotopic (exact) mass is 309 g/mol. The first-order valence-electron chi connectivity index (χ1n) is 7.24. The van der Waals surface area contributed by atoms with Crippen LogP contribution >= 0.6 is 11.6 Å². The summed E-state index contributed by atoms with van der Waals surface area (Å²) in [5.41, 5.74) is 2.97. The summed E-state index contributed by atoms with van der Waals surface area (Å²) in [6, 6.07) is 4.31. The van der Waals surface area contributed by atoms with Crippen molar-refractivity contribution in [1.82, 2.24) is 14.8 Å². The number of nitrogens with one attached hydrogen (secondary N) is 1. The number of anilines is 1. The van der Waals surface area contributed by atoms with Gasteiger partial charge in [0.15, 0.2) is 0 Å². The van der Waals surface area contributed by atoms with Gasteiger partial charge in [0, 0.05) is 30.7 Å². The number of rotatable bonds is 2. The Hall–Kier alpha value is -1.37. The van der Waals surface area contributed by atoms with E-state index < -0.39 is 0 Å². The van der Waals surface area contributed by atoms with E-state index in [-0.39, 0.29) is 11.1 Å². The van der Waals surface area contributed by atoms with Gasteiger partial charge in [-0.1, -0.05) is 11.6 Å². The summed E-state index contributed by atoms with van der Waals surface area (Å²) < 4.78 is 0. The molecule has 3 rings (SSSR count). The lowest BCUT2D eigenvalue weighted by Gasteiger charge is -2.26. The van der Waals surface area contributed by atoms with Gasteiger partial charge in [0.05, 0.1) is 0 Å². The van der Waals surface area contributed by atoms with Crippen LogP contribution in [-0.4, -0.2) is 52.9 Å². The molecule has 3 heterocycles. The average molecular weight is 310 g/mol. The van der Waals surface area contributed by atoms with Gasteiger partial charge in [-0.2, -0.15) is 0 Å². The zero-order valence-corrected chi connectivity index (χ0v) is 12.8. The van der Waals surface area contributed by atoms with Crippen LogP contribution in [0.2, 0.25) is 5.15 Å². The van der Waals surface area contributed by atoms with Crippen LogP contribution < -0.4 is 11.3 Å². The summed E-state index contributed by atoms with van der Waals surface area (Å²) in [6.07, 6.45) is 3.43. The fraction of sp³-hybridized carbons (Fsp3) is 0.571. The van der Waals surface area contributed by atoms with Crippen molar-refractivity contribution in [3.8, 4) is 0 Å². The second kappa shape index (κ2) is 5.79. The second-order valence-corrected chi connectivity index (χ2v) is 6.19. The highest BCUT2D eigenvalue weighted by Gasteiger charge is 2.36. The van der Waals surface area contributed by atoms with E-state index in [1.807, 2.05) is 4.90 Å². The second-order valence-electron chi connectivity index (χ2n) is 5.80. The van der Waals surface area contributed by atoms with Crippen LogP contribution in [0.5, 0.6) is 0 Å². The number of nitrogens with two attached hydrogens (primary N) is 1. The van der Waals surface area contributed by atoms with Crippen molar-refractivity contribution < 1.29 is 4.79 Å². The van der Waals surface area contributed by atoms with Gasteiger partial charge in [-0.25, -0.2) is 10.8 Å². The Kier molecular flexibility index (Phi) is 4.01. The molecule has 3 N–H and O–H groups in total. The summed E-state index contributed by atoms with van der Waals surface area (Å²) in [5, 5.41) is 0.266. The highest BCUT2D eigenvalue weighted by atomic mass is 35.5. The first-order chi connectivity index (χ1) is 10.1. The molecule has 2 aliphatic rings. The maximum Gasteiger partial charge on any atom is 0.254 e. The van der Waals surface area contributed by atoms with Crippen molar-refractivity contribution in [2.75, 3.05) is 25.6 Å². The molecule has 1 aromatic rings. The van der Waals surface area contributed by atoms with Crippen LogP contribution in [0.3, 0.4) is 0 Å². The lowest BCUT2D eigenvalue weighted by atomic mass is 10.1. The number of aromatic nitrogens is 1. The third-order valence-corrected chi connectivity index (χ3v) is 4.82. The molecule has 114 valence electrons. The van der Waals surface area contributed by atoms with E-state index in [1.165, 1.54) is 6.42 Å². The molecular formula is C14H20ClN5O. The molecule has 7 heteroatoms. The maximum atomic E-state index is 12.7. The molecule has 0 saturated carbocycles. The predicted octanol–water partition coefficient (Wildman–Crippen LogP) is 1.33. The maximum absolute atomic E-state index is 12.7. The molecule has 1 aromatic heterocycles. The van der Waals surface area contributed by atoms with Crippen molar-refractivity contribution in [3.63, 3.8) is 0 Å². The number of hydrogen-bond acceptors (Lipinski definition) is 5. The number of nitrogen functional groups attached to an aromatic ring is 1. The van der Waals surface area contributed by atoms with Crippen LogP contribution in [0.1, 0.15) is 29.6 Å². The summed E-state index contributed by atoms with van der Waals surface area (Å²) in [7, 11) is 2.16. The van der Waals surface area contributed by atoms with E-state index in [2.05, 4.69) is 22.4 Å². The van der Waals surface area contributed by atoms with Crippen LogP contribution in [0.15, 0.2) is 12.1 Å². The Morgan fingerprint density at radius 3 is 2.90 bits per heavy atom. The SMILES string of the molecule is CN1C2CCC1CN(C(=O)c1cc(Cl)nc(NN)c1)CC2. The summed E-state index contributed by atoms with van der Waals surface area (Å²) >= 11 is 5.94. The Morgan fingerprint density at radius 1 is 1.38 bits per heavy atom. The van der Waals surface area contributed by atoms with E-state index in [0.29, 0.717) is 23.5 Å². The fourth-order valence-corrected chi connectivity index (χ4v) is 3.58. The quantitative estimate of drug-likeness (QED) is 0.490. The Morgan fingerprint density at radius 2 is 2.14 bits per heavy atom. The molecule has 2 saturated heterocycles. The molecule has 2 fully saturated rings. The number of likely N-dealkylation sites (tertiary alicyclic amines) is 1. The Balaban J connectivity index is 1.80. The van der Waals surface area contributed by atoms with E-state index in [9.17, 15) is 4.79 Å². The molecule has 21 heavy (non-hydrogen) atoms. The minimum absolute atomic E-state index is 0.00301. The number of hydrazine groups is 1. The number of nitrogens with zero attached hydrogens (tertiary/aromatic N) is 3. The number of fused-ring (bicyclic) bond motifs is 2. The number of halogens is 1. The molecule has 0 spiro atoms. The van der Waals surface area contributed by atoms with E-state index >= 15 is 0 Å². The third kappa shape index (κ3) is 2.84. The van der Waals surface area contributed by atoms with Crippen molar-refractivity contribution in [3.05, 3.63) is 22.8 Å². The smallest absolute Gasteiger partial charge is 0.254 e. The predicted molar refractivity (Wildman–Crippen MR) is 82.2 cm³/mol. The van der Waals surface area contributed by atoms with Gasteiger partial charge in [0.2, 0.25) is 0 Å². The molecule has 2 unspecified atom stereocenters. The highest BCUT2D eigenvalue weighted by molar-refractivity contribution is 6.29. The molecule has 1 amide bonds. The van der Waals surface area contributed by atoms with Crippen LogP contribution in [0.25, 0.3) is 0 Å². The van der Waals surface area contributed by atoms with E-state index in [1.54, 1.807) is 12.1 Å². The van der Waals surface area contributed by atoms with Crippen molar-refractivity contribution >= 4 is 23.3 Å². The number of hydrogen-bond donors (Lipinski definition) is 2. The summed E-state index contributed by atoms with van der Waals surface area (Å²) in [4.78, 5) is 21.0. The number of amides is 1. The van der Waals surface area contributed by atoms with Gasteiger partial charge < -0.3 is 10.3 Å². The molecule has 2 bridgehead atoms. The van der Waals surface area contributed by atoms with E-state index in [4.69, 9.17) is 17.4 Å². The standard InChI is InChI=1S/C14H20ClN5O/c1-19-10-2-3-11(19)8-20(5-4-10)14(21)9-6-12(15)17-13(7-9)18-16/h6-7,10-11H,2-5,8,16H2,1H3,(H,17,18). The van der Waals surface area contributed by atoms with Gasteiger partial charge in [0.1, 0.15) is 11.0 Å². The summed E-state index contributed by atoms with van der Waals surface area (Å²) in [6.45, 7) is 1.56. The lowest BCUT2D eigenvalue weighted by Crippen LogP contribution is -2.39. The normalized spacial score (nSPS) is 25.8. The largest absolute Gasteiger partial charge is 0.337 e. The fourth-order valence-electron chi connectivity index (χ4n) is 3.37. The zero-order valence-electron chi connectivity index (χ0n) is 12.1. The van der Waals surface area contributed by atoms with Crippen LogP contribution in [0.4, 0.5) is 5.82 Å². The van der Waals surface area contributed by atoms with Gasteiger partial charge in [-0.15, -0.1) is 0 Å². The van der Waals surface area contributed by atoms with Crippen LogP contribution in [-0.2, 0) is 0 Å². The molecule has 0 aliphatic carbocycles. The van der Waals surface area contributed by atoms with Gasteiger partial charge >= 0.3 is 0 Å². The lowest BCUT2D eigenvalue weighted by molar-refractivity contribution is 0.0740. The molecule has 2 atom stereocenters. The van der Waals surface area contributed by atoms with Crippen molar-refractivity contribution in [2.24, 2.45) is 5.84 Å². The highest BCUT2D eigenvalue weighted by Crippen LogP contribution is 2.29. The van der Waals surface area contributed by atoms with Crippen LogP contribution in [0, 0.1) is 0 Å². The van der Waals surface area contributed by atoms with E-state index in [0.717, 1.165) is 25.9 Å². The Bertz CT molecular complexity index is 552. The molecule has 0 aromatic carbocycles. The van der Waals surface area contributed by atoms with Gasteiger partial charge in [-0.3, -0.25) is 9.69 Å². The van der Waals surface area contributed by atoms with Crippen molar-refractivity contribution in [2.45, 2.75) is 31.3 Å². The molecule has 0 radical (unpaired) electrons. The summed E-state index contributed by atoms with van der Waals surface area (Å²) in [5.74, 6) is 5.76. The average Bonchev–Trinajstić information content (AvgIpc) is 2.71. The minimum atomic E-state index is -0.00301. The van der Waals surface area contributed by atoms with Crippen molar-refractivity contribution in [1.29, 1.82) is 0 Å². The number of pyridine rings is 1. The number of carbonyl (C=O) groups excluding carboxylic acids is 1. The Labute approximate surface area is 129 Å². The number of carbonyl (C=O) groups is 1. The minimum Gasteiger partial charge on any atom is -0.337 e. The third-order valence-electron chi connectivity index (χ3n) is 4.62.